The molecule has 0 unspecified atom stereocenters. The summed E-state index contributed by atoms with van der Waals surface area (Å²) in [6.07, 6.45) is 1.00. The molecule has 0 radical (unpaired) electrons. The molecule has 0 aliphatic carbocycles. The number of ether oxygens (including phenoxy) is 3. The van der Waals surface area contributed by atoms with E-state index in [1.165, 1.54) is 0 Å². The van der Waals surface area contributed by atoms with Crippen LogP contribution in [-0.4, -0.2) is 58.0 Å². The minimum atomic E-state index is -0.553. The summed E-state index contributed by atoms with van der Waals surface area (Å²) in [5, 5.41) is 1.08. The van der Waals surface area contributed by atoms with Crippen molar-refractivity contribution < 1.29 is 19.0 Å². The van der Waals surface area contributed by atoms with E-state index in [2.05, 4.69) is 9.97 Å². The lowest BCUT2D eigenvalue weighted by atomic mass is 10.1. The second-order valence-corrected chi connectivity index (χ2v) is 8.88. The highest BCUT2D eigenvalue weighted by Crippen LogP contribution is 2.27. The van der Waals surface area contributed by atoms with E-state index in [4.69, 9.17) is 25.8 Å². The summed E-state index contributed by atoms with van der Waals surface area (Å²) in [4.78, 5) is 22.7. The largest absolute Gasteiger partial charge is 0.474 e. The lowest BCUT2D eigenvalue weighted by molar-refractivity contribution is -0.143. The Balaban J connectivity index is 1.72. The van der Waals surface area contributed by atoms with Gasteiger partial charge >= 0.3 is 6.09 Å². The van der Waals surface area contributed by atoms with Crippen molar-refractivity contribution in [2.45, 2.75) is 51.9 Å². The minimum absolute atomic E-state index is 0.222. The van der Waals surface area contributed by atoms with Gasteiger partial charge in [0.1, 0.15) is 23.5 Å². The van der Waals surface area contributed by atoms with Gasteiger partial charge in [0.15, 0.2) is 0 Å². The smallest absolute Gasteiger partial charge is 0.410 e. The number of halogens is 1. The number of morpholine rings is 1. The molecule has 1 aliphatic rings. The molecule has 1 atom stereocenters. The van der Waals surface area contributed by atoms with E-state index in [1.807, 2.05) is 46.8 Å². The fraction of sp³-hybridized carbons (Fsp3) is 0.550. The highest BCUT2D eigenvalue weighted by Gasteiger charge is 2.37. The molecule has 3 rings (SSSR count). The van der Waals surface area contributed by atoms with Gasteiger partial charge in [0, 0.05) is 12.3 Å². The Kier molecular flexibility index (Phi) is 5.68. The van der Waals surface area contributed by atoms with Crippen molar-refractivity contribution in [1.29, 1.82) is 0 Å². The third kappa shape index (κ3) is 5.23. The van der Waals surface area contributed by atoms with Crippen LogP contribution in [0.3, 0.4) is 0 Å². The number of amides is 1. The number of nitrogens with zero attached hydrogens (tertiary/aromatic N) is 3. The van der Waals surface area contributed by atoms with Gasteiger partial charge in [0.25, 0.3) is 0 Å². The van der Waals surface area contributed by atoms with Gasteiger partial charge in [0.2, 0.25) is 5.88 Å². The fourth-order valence-electron chi connectivity index (χ4n) is 3.15. The molecule has 1 amide bonds. The monoisotopic (exact) mass is 407 g/mol. The van der Waals surface area contributed by atoms with Crippen LogP contribution in [-0.2, 0) is 9.47 Å². The third-order valence-electron chi connectivity index (χ3n) is 4.07. The molecule has 1 saturated heterocycles. The number of hydrogen-bond donors (Lipinski definition) is 0. The van der Waals surface area contributed by atoms with Crippen LogP contribution < -0.4 is 4.74 Å². The number of carbonyl (C=O) groups is 1. The molecule has 2 aromatic rings. The fourth-order valence-corrected chi connectivity index (χ4v) is 3.33. The van der Waals surface area contributed by atoms with E-state index >= 15 is 0 Å². The predicted octanol–water partition coefficient (Wildman–Crippen LogP) is 4.08. The topological polar surface area (TPSA) is 73.8 Å². The number of fused-ring (bicyclic) bond motifs is 1. The van der Waals surface area contributed by atoms with E-state index in [1.54, 1.807) is 17.2 Å². The van der Waals surface area contributed by atoms with E-state index in [-0.39, 0.29) is 18.8 Å². The maximum Gasteiger partial charge on any atom is 0.410 e. The van der Waals surface area contributed by atoms with E-state index in [0.717, 1.165) is 5.39 Å². The van der Waals surface area contributed by atoms with Gasteiger partial charge in [-0.05, 0) is 46.8 Å². The molecule has 0 spiro atoms. The summed E-state index contributed by atoms with van der Waals surface area (Å²) in [6, 6.07) is 5.38. The summed E-state index contributed by atoms with van der Waals surface area (Å²) in [5.74, 6) is 0.395. The van der Waals surface area contributed by atoms with Crippen LogP contribution >= 0.6 is 11.6 Å². The average Bonchev–Trinajstić information content (AvgIpc) is 2.56. The lowest BCUT2D eigenvalue weighted by Crippen LogP contribution is -2.56. The summed E-state index contributed by atoms with van der Waals surface area (Å²) in [7, 11) is 0. The van der Waals surface area contributed by atoms with Crippen LogP contribution in [0.1, 0.15) is 34.6 Å². The first-order valence-corrected chi connectivity index (χ1v) is 9.60. The Bertz CT molecular complexity index is 866. The Labute approximate surface area is 169 Å². The van der Waals surface area contributed by atoms with E-state index in [9.17, 15) is 4.79 Å². The highest BCUT2D eigenvalue weighted by atomic mass is 35.5. The molecule has 152 valence electrons. The maximum absolute atomic E-state index is 12.5. The van der Waals surface area contributed by atoms with Crippen molar-refractivity contribution >= 4 is 28.6 Å². The van der Waals surface area contributed by atoms with Crippen LogP contribution in [0.5, 0.6) is 5.88 Å². The van der Waals surface area contributed by atoms with Gasteiger partial charge in [-0.1, -0.05) is 11.6 Å². The number of carbonyl (C=O) groups excluding carboxylic acids is 1. The van der Waals surface area contributed by atoms with E-state index < -0.39 is 11.2 Å². The molecule has 8 heteroatoms. The molecule has 3 heterocycles. The zero-order valence-corrected chi connectivity index (χ0v) is 17.6. The van der Waals surface area contributed by atoms with Crippen LogP contribution in [0.4, 0.5) is 4.79 Å². The van der Waals surface area contributed by atoms with Crippen molar-refractivity contribution in [2.75, 3.05) is 19.7 Å². The Hall–Kier alpha value is -2.12. The van der Waals surface area contributed by atoms with Gasteiger partial charge in [0.05, 0.1) is 29.6 Å². The van der Waals surface area contributed by atoms with Crippen LogP contribution in [0.2, 0.25) is 5.15 Å². The van der Waals surface area contributed by atoms with Crippen LogP contribution in [0.25, 0.3) is 10.9 Å². The molecule has 0 N–H and O–H groups in total. The predicted molar refractivity (Wildman–Crippen MR) is 107 cm³/mol. The normalized spacial score (nSPS) is 19.5. The molecule has 0 aromatic carbocycles. The van der Waals surface area contributed by atoms with Crippen molar-refractivity contribution in [2.24, 2.45) is 0 Å². The zero-order chi connectivity index (χ0) is 20.5. The summed E-state index contributed by atoms with van der Waals surface area (Å²) in [6.45, 7) is 10.5. The van der Waals surface area contributed by atoms with Gasteiger partial charge < -0.3 is 19.1 Å². The Morgan fingerprint density at radius 3 is 2.89 bits per heavy atom. The summed E-state index contributed by atoms with van der Waals surface area (Å²) >= 11 is 6.09. The average molecular weight is 408 g/mol. The summed E-state index contributed by atoms with van der Waals surface area (Å²) in [5.41, 5.74) is -0.366. The molecule has 1 fully saturated rings. The SMILES string of the molecule is CC(C)(C)OC(=O)N1C[C@@H](COc2nc(Cl)cc3ncccc23)OC(C)(C)C1. The molecular weight excluding hydrogens is 382 g/mol. The number of hydrogen-bond acceptors (Lipinski definition) is 6. The Morgan fingerprint density at radius 1 is 1.43 bits per heavy atom. The van der Waals surface area contributed by atoms with Gasteiger partial charge in [-0.25, -0.2) is 9.78 Å². The zero-order valence-electron chi connectivity index (χ0n) is 16.9. The van der Waals surface area contributed by atoms with Gasteiger partial charge in [-0.15, -0.1) is 0 Å². The van der Waals surface area contributed by atoms with Crippen molar-refractivity contribution in [3.63, 3.8) is 0 Å². The maximum atomic E-state index is 12.5. The van der Waals surface area contributed by atoms with Crippen LogP contribution in [0.15, 0.2) is 24.4 Å². The molecule has 7 nitrogen and oxygen atoms in total. The second kappa shape index (κ2) is 7.72. The first-order valence-electron chi connectivity index (χ1n) is 9.22. The minimum Gasteiger partial charge on any atom is -0.474 e. The molecular formula is C20H26ClN3O4. The highest BCUT2D eigenvalue weighted by molar-refractivity contribution is 6.30. The third-order valence-corrected chi connectivity index (χ3v) is 4.27. The molecule has 0 bridgehead atoms. The molecule has 0 saturated carbocycles. The number of aromatic nitrogens is 2. The molecule has 1 aliphatic heterocycles. The second-order valence-electron chi connectivity index (χ2n) is 8.49. The quantitative estimate of drug-likeness (QED) is 0.714. The molecule has 2 aromatic heterocycles. The first kappa shape index (κ1) is 20.6. The summed E-state index contributed by atoms with van der Waals surface area (Å²) < 4.78 is 17.5. The van der Waals surface area contributed by atoms with E-state index in [0.29, 0.717) is 29.6 Å². The van der Waals surface area contributed by atoms with Crippen molar-refractivity contribution in [1.82, 2.24) is 14.9 Å². The standard InChI is InChI=1S/C20H26ClN3O4/c1-19(2,3)28-18(25)24-10-13(27-20(4,5)12-24)11-26-17-14-7-6-8-22-15(14)9-16(21)23-17/h6-9,13H,10-12H2,1-5H3/t13-/m0/s1. The van der Waals surface area contributed by atoms with Crippen molar-refractivity contribution in [3.05, 3.63) is 29.5 Å². The Morgan fingerprint density at radius 2 is 2.18 bits per heavy atom. The molecule has 28 heavy (non-hydrogen) atoms. The van der Waals surface area contributed by atoms with Gasteiger partial charge in [-0.3, -0.25) is 4.98 Å². The number of pyridine rings is 2. The van der Waals surface area contributed by atoms with Crippen LogP contribution in [0, 0.1) is 0 Å². The van der Waals surface area contributed by atoms with Gasteiger partial charge in [-0.2, -0.15) is 0 Å². The van der Waals surface area contributed by atoms with Crippen molar-refractivity contribution in [3.8, 4) is 5.88 Å². The lowest BCUT2D eigenvalue weighted by Gasteiger charge is -2.42. The number of rotatable bonds is 3. The first-order chi connectivity index (χ1) is 13.0.